The number of rotatable bonds is 4. The van der Waals surface area contributed by atoms with Crippen molar-refractivity contribution in [2.75, 3.05) is 18.8 Å². The van der Waals surface area contributed by atoms with Gasteiger partial charge in [0.15, 0.2) is 5.17 Å². The van der Waals surface area contributed by atoms with E-state index in [1.807, 2.05) is 11.8 Å². The number of aliphatic imine (C=N–C) groups is 1. The molecule has 0 saturated carbocycles. The Hall–Kier alpha value is -0.180. The maximum atomic E-state index is 4.41. The highest BCUT2D eigenvalue weighted by molar-refractivity contribution is 8.13. The molecular formula is C10H20N2S. The van der Waals surface area contributed by atoms with Gasteiger partial charge in [-0.1, -0.05) is 25.6 Å². The third kappa shape index (κ3) is 5.19. The zero-order chi connectivity index (χ0) is 9.52. The molecule has 0 aromatic carbocycles. The van der Waals surface area contributed by atoms with Gasteiger partial charge in [-0.3, -0.25) is 4.99 Å². The Bertz CT molecular complexity index is 166. The first-order chi connectivity index (χ1) is 6.29. The Labute approximate surface area is 85.6 Å². The van der Waals surface area contributed by atoms with E-state index in [0.29, 0.717) is 0 Å². The summed E-state index contributed by atoms with van der Waals surface area (Å²) in [4.78, 5) is 4.41. The van der Waals surface area contributed by atoms with Crippen LogP contribution in [0.15, 0.2) is 4.99 Å². The predicted molar refractivity (Wildman–Crippen MR) is 61.5 cm³/mol. The Morgan fingerprint density at radius 1 is 1.54 bits per heavy atom. The van der Waals surface area contributed by atoms with Gasteiger partial charge in [0.05, 0.1) is 0 Å². The van der Waals surface area contributed by atoms with E-state index in [1.165, 1.54) is 25.0 Å². The molecule has 0 spiro atoms. The highest BCUT2D eigenvalue weighted by atomic mass is 32.2. The molecule has 0 aromatic rings. The summed E-state index contributed by atoms with van der Waals surface area (Å²) in [5.74, 6) is 2.05. The van der Waals surface area contributed by atoms with Gasteiger partial charge in [0.25, 0.3) is 0 Å². The van der Waals surface area contributed by atoms with Crippen molar-refractivity contribution in [2.45, 2.75) is 33.1 Å². The van der Waals surface area contributed by atoms with Gasteiger partial charge >= 0.3 is 0 Å². The molecule has 0 bridgehead atoms. The second-order valence-electron chi connectivity index (χ2n) is 3.85. The summed E-state index contributed by atoms with van der Waals surface area (Å²) in [7, 11) is 0. The number of hydrogen-bond acceptors (Lipinski definition) is 3. The average Bonchev–Trinajstić information content (AvgIpc) is 2.14. The topological polar surface area (TPSA) is 24.4 Å². The summed E-state index contributed by atoms with van der Waals surface area (Å²) in [6, 6.07) is 0. The molecule has 76 valence electrons. The van der Waals surface area contributed by atoms with Crippen molar-refractivity contribution in [1.82, 2.24) is 5.32 Å². The lowest BCUT2D eigenvalue weighted by Crippen LogP contribution is -2.24. The molecule has 1 aliphatic rings. The molecule has 13 heavy (non-hydrogen) atoms. The van der Waals surface area contributed by atoms with Crippen LogP contribution in [-0.2, 0) is 0 Å². The minimum Gasteiger partial charge on any atom is -0.365 e. The standard InChI is InChI=1S/C10H20N2S/c1-9(2)5-3-6-11-10-12-7-4-8-13-10/h9H,3-8H2,1-2H3,(H,11,12). The first kappa shape index (κ1) is 10.9. The third-order valence-electron chi connectivity index (χ3n) is 2.03. The highest BCUT2D eigenvalue weighted by Crippen LogP contribution is 2.10. The molecule has 0 atom stereocenters. The van der Waals surface area contributed by atoms with Crippen LogP contribution in [0.5, 0.6) is 0 Å². The molecule has 1 rings (SSSR count). The summed E-state index contributed by atoms with van der Waals surface area (Å²) in [6.45, 7) is 6.64. The molecule has 0 saturated heterocycles. The van der Waals surface area contributed by atoms with Crippen LogP contribution in [0.1, 0.15) is 33.1 Å². The molecule has 1 N–H and O–H groups in total. The van der Waals surface area contributed by atoms with E-state index >= 15 is 0 Å². The van der Waals surface area contributed by atoms with Crippen molar-refractivity contribution in [1.29, 1.82) is 0 Å². The van der Waals surface area contributed by atoms with Crippen molar-refractivity contribution in [3.8, 4) is 0 Å². The predicted octanol–water partition coefficient (Wildman–Crippen LogP) is 2.51. The molecule has 0 unspecified atom stereocenters. The smallest absolute Gasteiger partial charge is 0.156 e. The van der Waals surface area contributed by atoms with Gasteiger partial charge in [0.1, 0.15) is 0 Å². The SMILES string of the molecule is CC(C)CCCNC1=NCCCS1. The maximum Gasteiger partial charge on any atom is 0.156 e. The van der Waals surface area contributed by atoms with E-state index in [-0.39, 0.29) is 0 Å². The number of hydrogen-bond donors (Lipinski definition) is 1. The summed E-state index contributed by atoms with van der Waals surface area (Å²) in [5, 5.41) is 4.55. The maximum absolute atomic E-state index is 4.41. The van der Waals surface area contributed by atoms with Crippen LogP contribution in [-0.4, -0.2) is 24.0 Å². The fourth-order valence-corrected chi connectivity index (χ4v) is 2.13. The van der Waals surface area contributed by atoms with E-state index in [4.69, 9.17) is 0 Å². The van der Waals surface area contributed by atoms with Gasteiger partial charge < -0.3 is 5.32 Å². The van der Waals surface area contributed by atoms with Gasteiger partial charge in [-0.2, -0.15) is 0 Å². The molecular weight excluding hydrogens is 180 g/mol. The minimum atomic E-state index is 0.822. The molecule has 1 heterocycles. The zero-order valence-electron chi connectivity index (χ0n) is 8.68. The number of thioether (sulfide) groups is 1. The van der Waals surface area contributed by atoms with E-state index < -0.39 is 0 Å². The lowest BCUT2D eigenvalue weighted by atomic mass is 10.1. The second-order valence-corrected chi connectivity index (χ2v) is 4.94. The molecule has 0 radical (unpaired) electrons. The van der Waals surface area contributed by atoms with Gasteiger partial charge in [0, 0.05) is 18.8 Å². The van der Waals surface area contributed by atoms with Crippen molar-refractivity contribution in [3.63, 3.8) is 0 Å². The van der Waals surface area contributed by atoms with Crippen molar-refractivity contribution in [2.24, 2.45) is 10.9 Å². The number of nitrogens with one attached hydrogen (secondary N) is 1. The monoisotopic (exact) mass is 200 g/mol. The molecule has 0 amide bonds. The first-order valence-electron chi connectivity index (χ1n) is 5.20. The fraction of sp³-hybridized carbons (Fsp3) is 0.900. The van der Waals surface area contributed by atoms with Crippen molar-refractivity contribution >= 4 is 16.9 Å². The van der Waals surface area contributed by atoms with Crippen molar-refractivity contribution < 1.29 is 0 Å². The van der Waals surface area contributed by atoms with Crippen LogP contribution in [0.4, 0.5) is 0 Å². The minimum absolute atomic E-state index is 0.822. The fourth-order valence-electron chi connectivity index (χ4n) is 1.27. The van der Waals surface area contributed by atoms with Crippen LogP contribution in [0.25, 0.3) is 0 Å². The van der Waals surface area contributed by atoms with Crippen LogP contribution < -0.4 is 5.32 Å². The molecule has 0 aliphatic carbocycles. The normalized spacial score (nSPS) is 17.3. The molecule has 2 nitrogen and oxygen atoms in total. The van der Waals surface area contributed by atoms with Gasteiger partial charge in [-0.25, -0.2) is 0 Å². The summed E-state index contributed by atoms with van der Waals surface area (Å²) in [6.07, 6.45) is 3.81. The van der Waals surface area contributed by atoms with E-state index in [1.54, 1.807) is 0 Å². The number of amidine groups is 1. The Morgan fingerprint density at radius 3 is 3.00 bits per heavy atom. The van der Waals surface area contributed by atoms with E-state index in [0.717, 1.165) is 24.2 Å². The average molecular weight is 200 g/mol. The molecule has 0 aromatic heterocycles. The van der Waals surface area contributed by atoms with E-state index in [9.17, 15) is 0 Å². The van der Waals surface area contributed by atoms with Gasteiger partial charge in [-0.15, -0.1) is 0 Å². The summed E-state index contributed by atoms with van der Waals surface area (Å²) >= 11 is 1.86. The zero-order valence-corrected chi connectivity index (χ0v) is 9.49. The van der Waals surface area contributed by atoms with Crippen molar-refractivity contribution in [3.05, 3.63) is 0 Å². The highest BCUT2D eigenvalue weighted by Gasteiger charge is 2.04. The Morgan fingerprint density at radius 2 is 2.38 bits per heavy atom. The summed E-state index contributed by atoms with van der Waals surface area (Å²) < 4.78 is 0. The first-order valence-corrected chi connectivity index (χ1v) is 6.18. The molecule has 3 heteroatoms. The third-order valence-corrected chi connectivity index (χ3v) is 3.07. The quantitative estimate of drug-likeness (QED) is 0.705. The number of nitrogens with zero attached hydrogens (tertiary/aromatic N) is 1. The van der Waals surface area contributed by atoms with Crippen LogP contribution in [0.3, 0.4) is 0 Å². The molecule has 0 fully saturated rings. The van der Waals surface area contributed by atoms with Crippen LogP contribution >= 0.6 is 11.8 Å². The van der Waals surface area contributed by atoms with Crippen LogP contribution in [0.2, 0.25) is 0 Å². The Kier molecular flexibility index (Phi) is 5.28. The van der Waals surface area contributed by atoms with Gasteiger partial charge in [0.2, 0.25) is 0 Å². The molecule has 1 aliphatic heterocycles. The van der Waals surface area contributed by atoms with Crippen LogP contribution in [0, 0.1) is 5.92 Å². The summed E-state index contributed by atoms with van der Waals surface area (Å²) in [5.41, 5.74) is 0. The second kappa shape index (κ2) is 6.30. The largest absolute Gasteiger partial charge is 0.365 e. The lowest BCUT2D eigenvalue weighted by molar-refractivity contribution is 0.552. The van der Waals surface area contributed by atoms with E-state index in [2.05, 4.69) is 24.2 Å². The lowest BCUT2D eigenvalue weighted by Gasteiger charge is -2.13. The Balaban J connectivity index is 2.01. The van der Waals surface area contributed by atoms with Gasteiger partial charge in [-0.05, 0) is 25.2 Å².